The first-order valence-electron chi connectivity index (χ1n) is 5.52. The number of carbonyl (C=O) groups is 1. The van der Waals surface area contributed by atoms with Crippen LogP contribution < -0.4 is 5.32 Å². The third kappa shape index (κ3) is 2.31. The van der Waals surface area contributed by atoms with Gasteiger partial charge in [-0.25, -0.2) is 0 Å². The van der Waals surface area contributed by atoms with Crippen LogP contribution in [0.3, 0.4) is 0 Å². The first-order chi connectivity index (χ1) is 8.15. The van der Waals surface area contributed by atoms with Gasteiger partial charge in [-0.05, 0) is 29.4 Å². The minimum atomic E-state index is -0.968. The Hall–Kier alpha value is -1.04. The molecule has 0 spiro atoms. The molecule has 3 N–H and O–H groups in total. The van der Waals surface area contributed by atoms with Crippen LogP contribution in [0, 0.1) is 0 Å². The van der Waals surface area contributed by atoms with Crippen LogP contribution in [0.15, 0.2) is 18.2 Å². The van der Waals surface area contributed by atoms with E-state index >= 15 is 0 Å². The van der Waals surface area contributed by atoms with Gasteiger partial charge in [0.05, 0.1) is 6.10 Å². The molecule has 0 aromatic heterocycles. The summed E-state index contributed by atoms with van der Waals surface area (Å²) in [5.41, 5.74) is 1.98. The number of carbonyl (C=O) groups excluding carboxylic acids is 1. The van der Waals surface area contributed by atoms with E-state index in [9.17, 15) is 15.0 Å². The number of hydrogen-bond donors (Lipinski definition) is 4. The molecule has 0 bridgehead atoms. The van der Waals surface area contributed by atoms with E-state index in [2.05, 4.69) is 17.9 Å². The number of amides is 1. The molecule has 1 aliphatic rings. The molecule has 17 heavy (non-hydrogen) atoms. The predicted molar refractivity (Wildman–Crippen MR) is 67.0 cm³/mol. The highest BCUT2D eigenvalue weighted by molar-refractivity contribution is 7.80. The minimum Gasteiger partial charge on any atom is -0.390 e. The van der Waals surface area contributed by atoms with E-state index in [0.717, 1.165) is 5.56 Å². The first kappa shape index (κ1) is 12.4. The smallest absolute Gasteiger partial charge is 0.251 e. The largest absolute Gasteiger partial charge is 0.390 e. The summed E-state index contributed by atoms with van der Waals surface area (Å²) >= 11 is 4.03. The second kappa shape index (κ2) is 5.08. The maximum atomic E-state index is 11.5. The molecule has 1 heterocycles. The third-order valence-corrected chi connectivity index (χ3v) is 3.25. The summed E-state index contributed by atoms with van der Waals surface area (Å²) in [6.45, 7) is 0.412. The topological polar surface area (TPSA) is 69.6 Å². The molecule has 0 aliphatic carbocycles. The van der Waals surface area contributed by atoms with Crippen molar-refractivity contribution in [2.24, 2.45) is 0 Å². The summed E-state index contributed by atoms with van der Waals surface area (Å²) in [4.78, 5) is 11.5. The maximum absolute atomic E-state index is 11.5. The van der Waals surface area contributed by atoms with Crippen LogP contribution in [-0.2, 0) is 6.54 Å². The van der Waals surface area contributed by atoms with Crippen molar-refractivity contribution in [1.82, 2.24) is 5.32 Å². The van der Waals surface area contributed by atoms with Gasteiger partial charge in [-0.3, -0.25) is 4.79 Å². The molecule has 0 saturated heterocycles. The van der Waals surface area contributed by atoms with Crippen molar-refractivity contribution in [3.8, 4) is 0 Å². The highest BCUT2D eigenvalue weighted by Crippen LogP contribution is 2.27. The van der Waals surface area contributed by atoms with E-state index in [1.807, 2.05) is 0 Å². The molecule has 2 atom stereocenters. The fraction of sp³-hybridized carbons (Fsp3) is 0.417. The van der Waals surface area contributed by atoms with Crippen LogP contribution in [0.5, 0.6) is 0 Å². The molecule has 0 fully saturated rings. The van der Waals surface area contributed by atoms with Gasteiger partial charge in [0.2, 0.25) is 0 Å². The second-order valence-electron chi connectivity index (χ2n) is 4.08. The normalized spacial score (nSPS) is 17.5. The van der Waals surface area contributed by atoms with E-state index < -0.39 is 12.2 Å². The van der Waals surface area contributed by atoms with Crippen LogP contribution in [0.2, 0.25) is 0 Å². The zero-order chi connectivity index (χ0) is 12.4. The van der Waals surface area contributed by atoms with Gasteiger partial charge in [0.15, 0.2) is 0 Å². The number of nitrogens with one attached hydrogen (secondary N) is 1. The SMILES string of the molecule is O=C1NCc2c1cccc2C(O)C(O)CCS. The van der Waals surface area contributed by atoms with Crippen molar-refractivity contribution < 1.29 is 15.0 Å². The summed E-state index contributed by atoms with van der Waals surface area (Å²) in [6.07, 6.45) is -1.41. The lowest BCUT2D eigenvalue weighted by molar-refractivity contribution is 0.0167. The zero-order valence-electron chi connectivity index (χ0n) is 9.26. The lowest BCUT2D eigenvalue weighted by Crippen LogP contribution is -2.20. The van der Waals surface area contributed by atoms with Crippen molar-refractivity contribution in [3.05, 3.63) is 34.9 Å². The maximum Gasteiger partial charge on any atom is 0.251 e. The molecule has 92 valence electrons. The first-order valence-corrected chi connectivity index (χ1v) is 6.15. The van der Waals surface area contributed by atoms with Gasteiger partial charge in [0, 0.05) is 12.1 Å². The molecule has 2 rings (SSSR count). The predicted octanol–water partition coefficient (Wildman–Crippen LogP) is 0.644. The number of aliphatic hydroxyl groups is 2. The van der Waals surface area contributed by atoms with Crippen molar-refractivity contribution >= 4 is 18.5 Å². The van der Waals surface area contributed by atoms with E-state index in [-0.39, 0.29) is 5.91 Å². The Bertz CT molecular complexity index is 436. The number of fused-ring (bicyclic) bond motifs is 1. The molecule has 1 aromatic rings. The lowest BCUT2D eigenvalue weighted by atomic mass is 9.95. The van der Waals surface area contributed by atoms with Gasteiger partial charge in [0.1, 0.15) is 6.10 Å². The summed E-state index contributed by atoms with van der Waals surface area (Å²) in [5.74, 6) is 0.377. The van der Waals surface area contributed by atoms with E-state index in [0.29, 0.717) is 29.8 Å². The molecular weight excluding hydrogens is 238 g/mol. The zero-order valence-corrected chi connectivity index (χ0v) is 10.2. The number of hydrogen-bond acceptors (Lipinski definition) is 4. The highest BCUT2D eigenvalue weighted by Gasteiger charge is 2.27. The lowest BCUT2D eigenvalue weighted by Gasteiger charge is -2.19. The van der Waals surface area contributed by atoms with Gasteiger partial charge >= 0.3 is 0 Å². The molecule has 1 amide bonds. The Balaban J connectivity index is 2.31. The second-order valence-corrected chi connectivity index (χ2v) is 4.53. The van der Waals surface area contributed by atoms with Gasteiger partial charge in [-0.15, -0.1) is 0 Å². The Labute approximate surface area is 105 Å². The van der Waals surface area contributed by atoms with E-state index in [4.69, 9.17) is 0 Å². The fourth-order valence-electron chi connectivity index (χ4n) is 2.05. The average Bonchev–Trinajstić information content (AvgIpc) is 2.71. The number of rotatable bonds is 4. The summed E-state index contributed by atoms with van der Waals surface area (Å²) in [6, 6.07) is 5.18. The van der Waals surface area contributed by atoms with Gasteiger partial charge < -0.3 is 15.5 Å². The monoisotopic (exact) mass is 253 g/mol. The molecule has 2 unspecified atom stereocenters. The van der Waals surface area contributed by atoms with Crippen LogP contribution in [0.4, 0.5) is 0 Å². The van der Waals surface area contributed by atoms with Crippen molar-refractivity contribution in [2.75, 3.05) is 5.75 Å². The quantitative estimate of drug-likeness (QED) is 0.595. The Morgan fingerprint density at radius 1 is 1.41 bits per heavy atom. The fourth-order valence-corrected chi connectivity index (χ4v) is 2.32. The Morgan fingerprint density at radius 2 is 2.18 bits per heavy atom. The number of thiol groups is 1. The minimum absolute atomic E-state index is 0.127. The summed E-state index contributed by atoms with van der Waals surface area (Å²) in [5, 5.41) is 22.5. The van der Waals surface area contributed by atoms with Crippen LogP contribution >= 0.6 is 12.6 Å². The van der Waals surface area contributed by atoms with Crippen LogP contribution in [-0.4, -0.2) is 28.0 Å². The molecule has 0 saturated carbocycles. The Kier molecular flexibility index (Phi) is 3.71. The highest BCUT2D eigenvalue weighted by atomic mass is 32.1. The number of benzene rings is 1. The summed E-state index contributed by atoms with van der Waals surface area (Å²) < 4.78 is 0. The van der Waals surface area contributed by atoms with E-state index in [1.54, 1.807) is 18.2 Å². The van der Waals surface area contributed by atoms with Gasteiger partial charge in [-0.1, -0.05) is 12.1 Å². The van der Waals surface area contributed by atoms with Crippen molar-refractivity contribution in [2.45, 2.75) is 25.2 Å². The van der Waals surface area contributed by atoms with Crippen molar-refractivity contribution in [3.63, 3.8) is 0 Å². The van der Waals surface area contributed by atoms with Gasteiger partial charge in [-0.2, -0.15) is 12.6 Å². The molecule has 1 aliphatic heterocycles. The van der Waals surface area contributed by atoms with E-state index in [1.165, 1.54) is 0 Å². The van der Waals surface area contributed by atoms with Crippen molar-refractivity contribution in [1.29, 1.82) is 0 Å². The molecule has 0 radical (unpaired) electrons. The van der Waals surface area contributed by atoms with Crippen LogP contribution in [0.1, 0.15) is 34.0 Å². The molecule has 1 aromatic carbocycles. The number of aliphatic hydroxyl groups excluding tert-OH is 2. The van der Waals surface area contributed by atoms with Gasteiger partial charge in [0.25, 0.3) is 5.91 Å². The summed E-state index contributed by atoms with van der Waals surface area (Å²) in [7, 11) is 0. The molecular formula is C12H15NO3S. The third-order valence-electron chi connectivity index (χ3n) is 2.99. The Morgan fingerprint density at radius 3 is 2.88 bits per heavy atom. The molecule has 5 heteroatoms. The standard InChI is InChI=1S/C12H15NO3S/c14-10(4-5-17)11(15)7-2-1-3-8-9(7)6-13-12(8)16/h1-3,10-11,14-15,17H,4-6H2,(H,13,16). The average molecular weight is 253 g/mol. The molecule has 4 nitrogen and oxygen atoms in total. The van der Waals surface area contributed by atoms with Crippen LogP contribution in [0.25, 0.3) is 0 Å².